The van der Waals surface area contributed by atoms with Gasteiger partial charge in [0.25, 0.3) is 0 Å². The van der Waals surface area contributed by atoms with E-state index in [2.05, 4.69) is 4.98 Å². The van der Waals surface area contributed by atoms with E-state index in [-0.39, 0.29) is 0 Å². The summed E-state index contributed by atoms with van der Waals surface area (Å²) in [5.74, 6) is 0. The Morgan fingerprint density at radius 3 is 2.79 bits per heavy atom. The van der Waals surface area contributed by atoms with E-state index in [1.807, 2.05) is 43.3 Å². The number of aromatic nitrogens is 1. The highest BCUT2D eigenvalue weighted by Crippen LogP contribution is 2.26. The van der Waals surface area contributed by atoms with Crippen molar-refractivity contribution in [3.63, 3.8) is 0 Å². The second-order valence-corrected chi connectivity index (χ2v) is 3.40. The van der Waals surface area contributed by atoms with Crippen molar-refractivity contribution in [1.29, 1.82) is 0 Å². The van der Waals surface area contributed by atoms with E-state index >= 15 is 0 Å². The molecule has 0 aliphatic carbocycles. The fraction of sp³-hybridized carbons (Fsp3) is 0.0833. The van der Waals surface area contributed by atoms with Crippen LogP contribution in [0.5, 0.6) is 0 Å². The van der Waals surface area contributed by atoms with Crippen molar-refractivity contribution in [2.45, 2.75) is 6.92 Å². The van der Waals surface area contributed by atoms with Crippen LogP contribution in [0.25, 0.3) is 22.1 Å². The maximum absolute atomic E-state index is 5.64. The molecule has 0 spiro atoms. The lowest BCUT2D eigenvalue weighted by Gasteiger charge is -1.90. The van der Waals surface area contributed by atoms with Crippen molar-refractivity contribution < 1.29 is 4.42 Å². The van der Waals surface area contributed by atoms with Crippen LogP contribution in [-0.4, -0.2) is 4.98 Å². The molecule has 0 aliphatic heterocycles. The lowest BCUT2D eigenvalue weighted by atomic mass is 10.2. The Kier molecular flexibility index (Phi) is 1.39. The molecular formula is C12H9NO. The minimum absolute atomic E-state index is 0.858. The fourth-order valence-electron chi connectivity index (χ4n) is 1.69. The molecule has 0 N–H and O–H groups in total. The van der Waals surface area contributed by atoms with Crippen molar-refractivity contribution in [1.82, 2.24) is 4.98 Å². The first kappa shape index (κ1) is 7.56. The van der Waals surface area contributed by atoms with E-state index in [9.17, 15) is 0 Å². The molecule has 1 aromatic carbocycles. The molecule has 2 nitrogen and oxygen atoms in total. The summed E-state index contributed by atoms with van der Waals surface area (Å²) in [6, 6.07) is 11.9. The van der Waals surface area contributed by atoms with Crippen molar-refractivity contribution in [3.8, 4) is 0 Å². The van der Waals surface area contributed by atoms with Gasteiger partial charge < -0.3 is 4.42 Å². The zero-order valence-electron chi connectivity index (χ0n) is 7.82. The third kappa shape index (κ3) is 0.940. The largest absolute Gasteiger partial charge is 0.454 e. The second kappa shape index (κ2) is 2.58. The summed E-state index contributed by atoms with van der Waals surface area (Å²) in [4.78, 5) is 4.47. The minimum Gasteiger partial charge on any atom is -0.454 e. The summed E-state index contributed by atoms with van der Waals surface area (Å²) in [5.41, 5.74) is 3.74. The van der Waals surface area contributed by atoms with Gasteiger partial charge in [0.2, 0.25) is 0 Å². The number of nitrogens with zero attached hydrogens (tertiary/aromatic N) is 1. The van der Waals surface area contributed by atoms with E-state index < -0.39 is 0 Å². The molecule has 3 aromatic rings. The van der Waals surface area contributed by atoms with Crippen molar-refractivity contribution in [2.75, 3.05) is 0 Å². The highest BCUT2D eigenvalue weighted by molar-refractivity contribution is 6.02. The van der Waals surface area contributed by atoms with Gasteiger partial charge >= 0.3 is 0 Å². The van der Waals surface area contributed by atoms with Gasteiger partial charge in [0.05, 0.1) is 0 Å². The standard InChI is InChI=1S/C12H9NO/c1-8-6-7-11-12(13-8)9-4-2-3-5-10(9)14-11/h2-7H,1H3. The van der Waals surface area contributed by atoms with Crippen LogP contribution in [0, 0.1) is 6.92 Å². The maximum Gasteiger partial charge on any atom is 0.153 e. The predicted molar refractivity (Wildman–Crippen MR) is 56.3 cm³/mol. The highest BCUT2D eigenvalue weighted by atomic mass is 16.3. The Labute approximate surface area is 81.2 Å². The van der Waals surface area contributed by atoms with Gasteiger partial charge in [-0.25, -0.2) is 4.98 Å². The molecule has 0 saturated carbocycles. The first-order valence-corrected chi connectivity index (χ1v) is 4.59. The molecule has 0 aliphatic rings. The topological polar surface area (TPSA) is 26.0 Å². The average Bonchev–Trinajstić information content (AvgIpc) is 2.56. The quantitative estimate of drug-likeness (QED) is 0.534. The van der Waals surface area contributed by atoms with Crippen LogP contribution < -0.4 is 0 Å². The molecule has 14 heavy (non-hydrogen) atoms. The number of para-hydroxylation sites is 1. The number of benzene rings is 1. The Hall–Kier alpha value is -1.83. The van der Waals surface area contributed by atoms with Gasteiger partial charge in [-0.2, -0.15) is 0 Å². The van der Waals surface area contributed by atoms with E-state index in [0.717, 1.165) is 27.8 Å². The molecule has 3 rings (SSSR count). The molecular weight excluding hydrogens is 174 g/mol. The molecule has 0 atom stereocenters. The Morgan fingerprint density at radius 1 is 1.00 bits per heavy atom. The molecule has 0 saturated heterocycles. The Morgan fingerprint density at radius 2 is 1.86 bits per heavy atom. The summed E-state index contributed by atoms with van der Waals surface area (Å²) in [6.45, 7) is 1.99. The number of pyridine rings is 1. The van der Waals surface area contributed by atoms with Gasteiger partial charge in [-0.05, 0) is 31.2 Å². The fourth-order valence-corrected chi connectivity index (χ4v) is 1.69. The van der Waals surface area contributed by atoms with Crippen LogP contribution >= 0.6 is 0 Å². The molecule has 0 bridgehead atoms. The first-order chi connectivity index (χ1) is 6.84. The van der Waals surface area contributed by atoms with E-state index in [4.69, 9.17) is 4.42 Å². The zero-order valence-corrected chi connectivity index (χ0v) is 7.82. The third-order valence-electron chi connectivity index (χ3n) is 2.36. The van der Waals surface area contributed by atoms with Crippen LogP contribution in [0.2, 0.25) is 0 Å². The third-order valence-corrected chi connectivity index (χ3v) is 2.36. The van der Waals surface area contributed by atoms with E-state index in [0.29, 0.717) is 0 Å². The number of hydrogen-bond donors (Lipinski definition) is 0. The van der Waals surface area contributed by atoms with E-state index in [1.54, 1.807) is 0 Å². The number of aryl methyl sites for hydroxylation is 1. The number of fused-ring (bicyclic) bond motifs is 3. The minimum atomic E-state index is 0.858. The van der Waals surface area contributed by atoms with Crippen LogP contribution in [0.1, 0.15) is 5.69 Å². The van der Waals surface area contributed by atoms with Gasteiger partial charge in [-0.3, -0.25) is 0 Å². The normalized spacial score (nSPS) is 11.2. The van der Waals surface area contributed by atoms with Gasteiger partial charge in [-0.1, -0.05) is 12.1 Å². The van der Waals surface area contributed by atoms with Crippen LogP contribution in [0.15, 0.2) is 40.8 Å². The van der Waals surface area contributed by atoms with Gasteiger partial charge in [0.15, 0.2) is 5.58 Å². The SMILES string of the molecule is Cc1ccc2oc3ccccc3c2n1. The number of rotatable bonds is 0. The first-order valence-electron chi connectivity index (χ1n) is 4.59. The zero-order chi connectivity index (χ0) is 9.54. The van der Waals surface area contributed by atoms with Crippen LogP contribution in [0.3, 0.4) is 0 Å². The molecule has 0 radical (unpaired) electrons. The molecule has 0 amide bonds. The lowest BCUT2D eigenvalue weighted by Crippen LogP contribution is -1.78. The summed E-state index contributed by atoms with van der Waals surface area (Å²) >= 11 is 0. The highest BCUT2D eigenvalue weighted by Gasteiger charge is 2.06. The van der Waals surface area contributed by atoms with Crippen LogP contribution in [0.4, 0.5) is 0 Å². The average molecular weight is 183 g/mol. The molecule has 0 fully saturated rings. The predicted octanol–water partition coefficient (Wildman–Crippen LogP) is 3.29. The summed E-state index contributed by atoms with van der Waals surface area (Å²) in [6.07, 6.45) is 0. The van der Waals surface area contributed by atoms with Crippen LogP contribution in [-0.2, 0) is 0 Å². The molecule has 0 unspecified atom stereocenters. The summed E-state index contributed by atoms with van der Waals surface area (Å²) < 4.78 is 5.64. The van der Waals surface area contributed by atoms with Crippen molar-refractivity contribution in [3.05, 3.63) is 42.1 Å². The number of hydrogen-bond acceptors (Lipinski definition) is 2. The monoisotopic (exact) mass is 183 g/mol. The molecule has 68 valence electrons. The van der Waals surface area contributed by atoms with Crippen molar-refractivity contribution in [2.24, 2.45) is 0 Å². The number of furan rings is 1. The van der Waals surface area contributed by atoms with Gasteiger partial charge in [0, 0.05) is 11.1 Å². The molecule has 2 heteroatoms. The van der Waals surface area contributed by atoms with Crippen molar-refractivity contribution >= 4 is 22.1 Å². The lowest BCUT2D eigenvalue weighted by molar-refractivity contribution is 0.668. The van der Waals surface area contributed by atoms with E-state index in [1.165, 1.54) is 0 Å². The molecule has 2 aromatic heterocycles. The Balaban J connectivity index is 2.58. The smallest absolute Gasteiger partial charge is 0.153 e. The summed E-state index contributed by atoms with van der Waals surface area (Å²) in [5, 5.41) is 1.09. The Bertz CT molecular complexity index is 610. The molecule has 2 heterocycles. The van der Waals surface area contributed by atoms with Gasteiger partial charge in [-0.15, -0.1) is 0 Å². The second-order valence-electron chi connectivity index (χ2n) is 3.40. The maximum atomic E-state index is 5.64. The van der Waals surface area contributed by atoms with Gasteiger partial charge in [0.1, 0.15) is 11.1 Å². The summed E-state index contributed by atoms with van der Waals surface area (Å²) in [7, 11) is 0.